The monoisotopic (exact) mass is 291 g/mol. The van der Waals surface area contributed by atoms with Gasteiger partial charge in [-0.3, -0.25) is 4.79 Å². The van der Waals surface area contributed by atoms with Crippen molar-refractivity contribution in [2.45, 2.75) is 26.6 Å². The zero-order chi connectivity index (χ0) is 13.5. The molecule has 0 aromatic rings. The number of hydrogen-bond donors (Lipinski definition) is 1. The molecular weight excluding hydrogens is 277 g/mol. The molecule has 0 aromatic carbocycles. The zero-order valence-electron chi connectivity index (χ0n) is 10.5. The molecule has 0 fully saturated rings. The number of nitrogens with one attached hydrogen (secondary N) is 1. The van der Waals surface area contributed by atoms with Crippen molar-refractivity contribution in [3.8, 4) is 0 Å². The van der Waals surface area contributed by atoms with Gasteiger partial charge in [0.1, 0.15) is 0 Å². The standard InChI is InChI=1S/C8H15NO7S.Na/c1-6(10)15-7(2)16-8(11)9-4-3-5-17(12,13)14;/h7H,3-5H2,1-2H3,(H,9,11)(H,12,13,14);/q;+1/p-1. The molecule has 0 spiro atoms. The first kappa shape index (κ1) is 20.0. The van der Waals surface area contributed by atoms with Gasteiger partial charge in [-0.2, -0.15) is 0 Å². The van der Waals surface area contributed by atoms with Gasteiger partial charge in [0.15, 0.2) is 0 Å². The molecule has 1 N–H and O–H groups in total. The van der Waals surface area contributed by atoms with Gasteiger partial charge in [-0.25, -0.2) is 13.2 Å². The van der Waals surface area contributed by atoms with E-state index in [1.807, 2.05) is 0 Å². The van der Waals surface area contributed by atoms with E-state index >= 15 is 0 Å². The van der Waals surface area contributed by atoms with E-state index in [0.29, 0.717) is 0 Å². The van der Waals surface area contributed by atoms with Crippen LogP contribution in [0, 0.1) is 0 Å². The van der Waals surface area contributed by atoms with E-state index in [0.717, 1.165) is 6.92 Å². The second-order valence-corrected chi connectivity index (χ2v) is 4.65. The fraction of sp³-hybridized carbons (Fsp3) is 0.750. The van der Waals surface area contributed by atoms with E-state index in [2.05, 4.69) is 14.8 Å². The third-order valence-corrected chi connectivity index (χ3v) is 2.23. The molecule has 18 heavy (non-hydrogen) atoms. The van der Waals surface area contributed by atoms with Crippen molar-refractivity contribution < 1.29 is 61.6 Å². The second-order valence-electron chi connectivity index (χ2n) is 3.12. The van der Waals surface area contributed by atoms with Gasteiger partial charge in [0.05, 0.1) is 10.1 Å². The van der Waals surface area contributed by atoms with Crippen LogP contribution < -0.4 is 34.9 Å². The van der Waals surface area contributed by atoms with Crippen LogP contribution in [0.5, 0.6) is 0 Å². The van der Waals surface area contributed by atoms with Crippen molar-refractivity contribution >= 4 is 22.2 Å². The Morgan fingerprint density at radius 1 is 1.33 bits per heavy atom. The molecular formula is C8H14NNaO7S. The summed E-state index contributed by atoms with van der Waals surface area (Å²) in [7, 11) is -4.27. The molecule has 10 heteroatoms. The van der Waals surface area contributed by atoms with E-state index in [-0.39, 0.29) is 42.5 Å². The van der Waals surface area contributed by atoms with Crippen molar-refractivity contribution in [1.82, 2.24) is 5.32 Å². The summed E-state index contributed by atoms with van der Waals surface area (Å²) in [6.07, 6.45) is -1.90. The van der Waals surface area contributed by atoms with Crippen molar-refractivity contribution in [3.63, 3.8) is 0 Å². The number of rotatable bonds is 6. The van der Waals surface area contributed by atoms with Gasteiger partial charge in [-0.15, -0.1) is 0 Å². The normalized spacial score (nSPS) is 11.9. The SMILES string of the molecule is CC(=O)OC(C)OC(=O)NCCCS(=O)(=O)[O-].[Na+]. The zero-order valence-corrected chi connectivity index (χ0v) is 13.3. The molecule has 0 aliphatic carbocycles. The van der Waals surface area contributed by atoms with Crippen LogP contribution in [0.15, 0.2) is 0 Å². The van der Waals surface area contributed by atoms with Crippen molar-refractivity contribution in [1.29, 1.82) is 0 Å². The Kier molecular flexibility index (Phi) is 10.6. The number of carbonyl (C=O) groups is 2. The van der Waals surface area contributed by atoms with Crippen molar-refractivity contribution in [2.75, 3.05) is 12.3 Å². The van der Waals surface area contributed by atoms with Gasteiger partial charge in [0, 0.05) is 26.1 Å². The minimum absolute atomic E-state index is 0. The number of alkyl carbamates (subject to hydrolysis) is 1. The summed E-state index contributed by atoms with van der Waals surface area (Å²) in [6.45, 7) is 2.49. The molecule has 0 aromatic heterocycles. The van der Waals surface area contributed by atoms with E-state index in [4.69, 9.17) is 0 Å². The molecule has 0 radical (unpaired) electrons. The van der Waals surface area contributed by atoms with Gasteiger partial charge in [-0.05, 0) is 6.42 Å². The van der Waals surface area contributed by atoms with Crippen LogP contribution in [0.25, 0.3) is 0 Å². The molecule has 1 atom stereocenters. The number of ether oxygens (including phenoxy) is 2. The van der Waals surface area contributed by atoms with Crippen molar-refractivity contribution in [3.05, 3.63) is 0 Å². The molecule has 1 amide bonds. The fourth-order valence-electron chi connectivity index (χ4n) is 0.890. The summed E-state index contributed by atoms with van der Waals surface area (Å²) in [6, 6.07) is 0. The van der Waals surface area contributed by atoms with Crippen LogP contribution in [0.1, 0.15) is 20.3 Å². The Balaban J connectivity index is 0. The quantitative estimate of drug-likeness (QED) is 0.178. The first-order valence-electron chi connectivity index (χ1n) is 4.76. The molecule has 0 saturated carbocycles. The average Bonchev–Trinajstić information content (AvgIpc) is 2.09. The Morgan fingerprint density at radius 3 is 2.33 bits per heavy atom. The first-order chi connectivity index (χ1) is 7.70. The molecule has 100 valence electrons. The Labute approximate surface area is 127 Å². The summed E-state index contributed by atoms with van der Waals surface area (Å²) in [5.74, 6) is -1.16. The predicted molar refractivity (Wildman–Crippen MR) is 54.9 cm³/mol. The topological polar surface area (TPSA) is 122 Å². The van der Waals surface area contributed by atoms with E-state index < -0.39 is 34.2 Å². The molecule has 0 bridgehead atoms. The maximum atomic E-state index is 11.0. The average molecular weight is 291 g/mol. The van der Waals surface area contributed by atoms with Crippen LogP contribution in [-0.2, 0) is 24.4 Å². The van der Waals surface area contributed by atoms with Gasteiger partial charge < -0.3 is 19.3 Å². The third kappa shape index (κ3) is 13.7. The third-order valence-electron chi connectivity index (χ3n) is 1.45. The smallest absolute Gasteiger partial charge is 0.748 e. The summed E-state index contributed by atoms with van der Waals surface area (Å²) >= 11 is 0. The number of esters is 1. The number of carbonyl (C=O) groups excluding carboxylic acids is 2. The molecule has 1 unspecified atom stereocenters. The summed E-state index contributed by atoms with van der Waals surface area (Å²) in [4.78, 5) is 21.5. The maximum Gasteiger partial charge on any atom is 1.00 e. The summed E-state index contributed by atoms with van der Waals surface area (Å²) in [5.41, 5.74) is 0. The molecule has 0 saturated heterocycles. The summed E-state index contributed by atoms with van der Waals surface area (Å²) in [5, 5.41) is 2.20. The minimum Gasteiger partial charge on any atom is -0.748 e. The fourth-order valence-corrected chi connectivity index (χ4v) is 1.39. The van der Waals surface area contributed by atoms with Gasteiger partial charge in [0.25, 0.3) is 0 Å². The van der Waals surface area contributed by atoms with Crippen LogP contribution in [0.3, 0.4) is 0 Å². The minimum atomic E-state index is -4.27. The van der Waals surface area contributed by atoms with Crippen LogP contribution in [0.4, 0.5) is 4.79 Å². The molecule has 0 rings (SSSR count). The maximum absolute atomic E-state index is 11.0. The Morgan fingerprint density at radius 2 is 1.89 bits per heavy atom. The van der Waals surface area contributed by atoms with Gasteiger partial charge >= 0.3 is 41.6 Å². The Hall–Kier alpha value is -0.350. The largest absolute Gasteiger partial charge is 1.00 e. The molecule has 0 aliphatic heterocycles. The van der Waals surface area contributed by atoms with Gasteiger partial charge in [0.2, 0.25) is 6.29 Å². The second kappa shape index (κ2) is 9.56. The molecule has 8 nitrogen and oxygen atoms in total. The first-order valence-corrected chi connectivity index (χ1v) is 6.33. The van der Waals surface area contributed by atoms with E-state index in [9.17, 15) is 22.6 Å². The summed E-state index contributed by atoms with van der Waals surface area (Å²) < 4.78 is 39.7. The number of amides is 1. The van der Waals surface area contributed by atoms with Crippen LogP contribution >= 0.6 is 0 Å². The van der Waals surface area contributed by atoms with Crippen LogP contribution in [-0.4, -0.2) is 43.6 Å². The van der Waals surface area contributed by atoms with E-state index in [1.165, 1.54) is 6.92 Å². The van der Waals surface area contributed by atoms with E-state index in [1.54, 1.807) is 0 Å². The predicted octanol–water partition coefficient (Wildman–Crippen LogP) is -3.44. The van der Waals surface area contributed by atoms with Gasteiger partial charge in [-0.1, -0.05) is 0 Å². The molecule has 0 aliphatic rings. The van der Waals surface area contributed by atoms with Crippen molar-refractivity contribution in [2.24, 2.45) is 0 Å². The number of hydrogen-bond acceptors (Lipinski definition) is 7. The Bertz CT molecular complexity index is 370. The molecule has 0 heterocycles. The van der Waals surface area contributed by atoms with Crippen LogP contribution in [0.2, 0.25) is 0 Å².